The number of nitrogens with zero attached hydrogens (tertiary/aromatic N) is 1. The molecule has 1 heterocycles. The molecule has 0 bridgehead atoms. The van der Waals surface area contributed by atoms with Crippen molar-refractivity contribution in [2.45, 2.75) is 19.6 Å². The first-order valence-corrected chi connectivity index (χ1v) is 7.73. The molecular weight excluding hydrogens is 176 g/mol. The molecule has 0 unspecified atom stereocenters. The van der Waals surface area contributed by atoms with Crippen molar-refractivity contribution < 1.29 is 0 Å². The summed E-state index contributed by atoms with van der Waals surface area (Å²) in [6, 6.07) is 6.46. The Morgan fingerprint density at radius 2 is 2.15 bits per heavy atom. The van der Waals surface area contributed by atoms with Gasteiger partial charge in [-0.2, -0.15) is 0 Å². The molecule has 0 fully saturated rings. The van der Waals surface area contributed by atoms with E-state index in [1.54, 1.807) is 6.20 Å². The first-order valence-electron chi connectivity index (χ1n) is 4.23. The van der Waals surface area contributed by atoms with Gasteiger partial charge < -0.3 is 0 Å². The number of rotatable bonds is 2. The van der Waals surface area contributed by atoms with Crippen molar-refractivity contribution in [1.82, 2.24) is 4.98 Å². The summed E-state index contributed by atoms with van der Waals surface area (Å²) < 4.78 is 0. The number of pyridine rings is 1. The summed E-state index contributed by atoms with van der Waals surface area (Å²) in [5, 5.41) is 4.11. The van der Waals surface area contributed by atoms with Gasteiger partial charge in [-0.15, -0.1) is 0 Å². The van der Waals surface area contributed by atoms with Gasteiger partial charge in [0.25, 0.3) is 0 Å². The van der Waals surface area contributed by atoms with Crippen LogP contribution < -0.4 is 10.5 Å². The van der Waals surface area contributed by atoms with E-state index in [0.29, 0.717) is 0 Å². The molecule has 0 spiro atoms. The lowest BCUT2D eigenvalue weighted by molar-refractivity contribution is 1.33. The van der Waals surface area contributed by atoms with Crippen LogP contribution in [-0.4, -0.2) is 13.1 Å². The van der Waals surface area contributed by atoms with Crippen LogP contribution in [0.15, 0.2) is 18.3 Å². The van der Waals surface area contributed by atoms with Crippen LogP contribution in [0, 0.1) is 12.5 Å². The molecule has 0 aromatic carbocycles. The summed E-state index contributed by atoms with van der Waals surface area (Å²) in [5.74, 6) is 0.837. The molecule has 1 N–H and O–H groups in total. The van der Waals surface area contributed by atoms with Gasteiger partial charge in [-0.3, -0.25) is 5.32 Å². The standard InChI is InChI=1S/C10H14N2Si/c1-5-11-10-9(13(2,3)4)7-6-8-12-10/h1,6-8H,2-4H3,(H,11,12). The molecule has 0 saturated heterocycles. The first-order chi connectivity index (χ1) is 6.05. The zero-order chi connectivity index (χ0) is 9.90. The van der Waals surface area contributed by atoms with Crippen molar-refractivity contribution in [3.63, 3.8) is 0 Å². The lowest BCUT2D eigenvalue weighted by atomic mass is 10.4. The second-order valence-corrected chi connectivity index (χ2v) is 8.96. The second-order valence-electron chi connectivity index (χ2n) is 3.92. The van der Waals surface area contributed by atoms with E-state index in [1.165, 1.54) is 5.19 Å². The molecule has 68 valence electrons. The second kappa shape index (κ2) is 3.63. The summed E-state index contributed by atoms with van der Waals surface area (Å²) in [5.41, 5.74) is 0. The highest BCUT2D eigenvalue weighted by atomic mass is 28.3. The van der Waals surface area contributed by atoms with Gasteiger partial charge in [0.05, 0.1) is 8.07 Å². The fraction of sp³-hybridized carbons (Fsp3) is 0.300. The molecule has 0 aliphatic carbocycles. The Morgan fingerprint density at radius 3 is 2.69 bits per heavy atom. The van der Waals surface area contributed by atoms with Crippen LogP contribution in [0.3, 0.4) is 0 Å². The highest BCUT2D eigenvalue weighted by molar-refractivity contribution is 6.89. The van der Waals surface area contributed by atoms with Gasteiger partial charge >= 0.3 is 0 Å². The van der Waals surface area contributed by atoms with Crippen LogP contribution in [0.4, 0.5) is 5.82 Å². The van der Waals surface area contributed by atoms with Crippen molar-refractivity contribution in [3.05, 3.63) is 18.3 Å². The molecule has 0 atom stereocenters. The van der Waals surface area contributed by atoms with Crippen LogP contribution in [0.1, 0.15) is 0 Å². The molecule has 3 heteroatoms. The summed E-state index contributed by atoms with van der Waals surface area (Å²) in [6.07, 6.45) is 6.94. The van der Waals surface area contributed by atoms with Gasteiger partial charge in [-0.1, -0.05) is 32.1 Å². The van der Waals surface area contributed by atoms with Crippen molar-refractivity contribution in [2.24, 2.45) is 0 Å². The average Bonchev–Trinajstić information content (AvgIpc) is 2.04. The van der Waals surface area contributed by atoms with Crippen molar-refractivity contribution in [2.75, 3.05) is 5.32 Å². The van der Waals surface area contributed by atoms with Crippen molar-refractivity contribution >= 4 is 19.1 Å². The number of anilines is 1. The van der Waals surface area contributed by atoms with Gasteiger partial charge in [-0.25, -0.2) is 4.98 Å². The maximum absolute atomic E-state index is 5.19. The van der Waals surface area contributed by atoms with E-state index in [2.05, 4.69) is 42.1 Å². The number of aromatic nitrogens is 1. The number of nitrogens with one attached hydrogen (secondary N) is 1. The van der Waals surface area contributed by atoms with Gasteiger partial charge in [-0.05, 0) is 11.3 Å². The van der Waals surface area contributed by atoms with Crippen molar-refractivity contribution in [1.29, 1.82) is 0 Å². The fourth-order valence-corrected chi connectivity index (χ4v) is 2.61. The Labute approximate surface area is 80.4 Å². The maximum atomic E-state index is 5.19. The molecule has 1 aromatic heterocycles. The Morgan fingerprint density at radius 1 is 1.46 bits per heavy atom. The predicted octanol–water partition coefficient (Wildman–Crippen LogP) is 1.63. The monoisotopic (exact) mass is 190 g/mol. The quantitative estimate of drug-likeness (QED) is 0.435. The molecular formula is C10H14N2Si. The first kappa shape index (κ1) is 9.81. The average molecular weight is 190 g/mol. The SMILES string of the molecule is C#CNc1ncccc1[Si](C)(C)C. The molecule has 0 saturated carbocycles. The van der Waals surface area contributed by atoms with Gasteiger partial charge in [0, 0.05) is 12.2 Å². The Balaban J connectivity index is 3.14. The third-order valence-corrected chi connectivity index (χ3v) is 3.83. The van der Waals surface area contributed by atoms with Crippen LogP contribution in [0.2, 0.25) is 19.6 Å². The highest BCUT2D eigenvalue weighted by Crippen LogP contribution is 2.07. The van der Waals surface area contributed by atoms with E-state index >= 15 is 0 Å². The Bertz CT molecular complexity index is 334. The smallest absolute Gasteiger partial charge is 0.136 e. The van der Waals surface area contributed by atoms with Crippen LogP contribution in [-0.2, 0) is 0 Å². The minimum atomic E-state index is -1.34. The Kier molecular flexibility index (Phi) is 2.74. The van der Waals surface area contributed by atoms with E-state index in [9.17, 15) is 0 Å². The number of hydrogen-bond acceptors (Lipinski definition) is 2. The van der Waals surface area contributed by atoms with Gasteiger partial charge in [0.15, 0.2) is 0 Å². The summed E-state index contributed by atoms with van der Waals surface area (Å²) in [7, 11) is -1.34. The van der Waals surface area contributed by atoms with E-state index in [-0.39, 0.29) is 0 Å². The van der Waals surface area contributed by atoms with Crippen LogP contribution >= 0.6 is 0 Å². The molecule has 0 aliphatic rings. The van der Waals surface area contributed by atoms with E-state index in [0.717, 1.165) is 5.82 Å². The van der Waals surface area contributed by atoms with Crippen LogP contribution in [0.25, 0.3) is 0 Å². The minimum absolute atomic E-state index is 0.837. The molecule has 13 heavy (non-hydrogen) atoms. The molecule has 0 radical (unpaired) electrons. The lowest BCUT2D eigenvalue weighted by Crippen LogP contribution is -2.39. The summed E-state index contributed by atoms with van der Waals surface area (Å²) >= 11 is 0. The van der Waals surface area contributed by atoms with Crippen molar-refractivity contribution in [3.8, 4) is 12.5 Å². The molecule has 0 aliphatic heterocycles. The topological polar surface area (TPSA) is 24.9 Å². The largest absolute Gasteiger partial charge is 0.300 e. The molecule has 0 amide bonds. The maximum Gasteiger partial charge on any atom is 0.136 e. The summed E-state index contributed by atoms with van der Waals surface area (Å²) in [6.45, 7) is 6.81. The van der Waals surface area contributed by atoms with E-state index in [1.807, 2.05) is 6.07 Å². The molecule has 1 aromatic rings. The zero-order valence-corrected chi connectivity index (χ0v) is 9.26. The van der Waals surface area contributed by atoms with E-state index < -0.39 is 8.07 Å². The number of hydrogen-bond donors (Lipinski definition) is 1. The van der Waals surface area contributed by atoms with E-state index in [4.69, 9.17) is 6.42 Å². The highest BCUT2D eigenvalue weighted by Gasteiger charge is 2.20. The predicted molar refractivity (Wildman–Crippen MR) is 59.7 cm³/mol. The summed E-state index contributed by atoms with van der Waals surface area (Å²) in [4.78, 5) is 4.22. The normalized spacial score (nSPS) is 10.6. The number of terminal acetylenes is 1. The Hall–Kier alpha value is -1.27. The molecule has 2 nitrogen and oxygen atoms in total. The van der Waals surface area contributed by atoms with Gasteiger partial charge in [0.1, 0.15) is 5.82 Å². The minimum Gasteiger partial charge on any atom is -0.300 e. The lowest BCUT2D eigenvalue weighted by Gasteiger charge is -2.18. The third kappa shape index (κ3) is 2.33. The molecule has 1 rings (SSSR count). The van der Waals surface area contributed by atoms with Gasteiger partial charge in [0.2, 0.25) is 0 Å². The third-order valence-electron chi connectivity index (χ3n) is 1.81. The van der Waals surface area contributed by atoms with Crippen LogP contribution in [0.5, 0.6) is 0 Å². The zero-order valence-electron chi connectivity index (χ0n) is 8.26. The fourth-order valence-electron chi connectivity index (χ4n) is 1.18.